The Bertz CT molecular complexity index is 191. The van der Waals surface area contributed by atoms with Crippen LogP contribution in [0.4, 0.5) is 4.79 Å². The lowest BCUT2D eigenvalue weighted by molar-refractivity contribution is 0.109. The van der Waals surface area contributed by atoms with Crippen LogP contribution < -0.4 is 0 Å². The Balaban J connectivity index is 3.99. The minimum atomic E-state index is -0.461. The van der Waals surface area contributed by atoms with Crippen molar-refractivity contribution in [1.29, 1.82) is 0 Å². The Morgan fingerprint density at radius 1 is 1.38 bits per heavy atom. The molecule has 0 aromatic carbocycles. The van der Waals surface area contributed by atoms with E-state index in [1.807, 2.05) is 20.8 Å². The van der Waals surface area contributed by atoms with Crippen LogP contribution in [0, 0.1) is 0 Å². The first-order chi connectivity index (χ1) is 6.15. The molecule has 0 radical (unpaired) electrons. The lowest BCUT2D eigenvalue weighted by Crippen LogP contribution is -2.30. The zero-order valence-corrected chi connectivity index (χ0v) is 8.97. The molecule has 0 fully saturated rings. The van der Waals surface area contributed by atoms with Crippen molar-refractivity contribution in [3.8, 4) is 0 Å². The molecule has 0 bridgehead atoms. The molecule has 0 heterocycles. The number of amides is 1. The SMILES string of the molecule is CC/C(Cl)=N/OC(=O)N(CC)CC. The first-order valence-electron chi connectivity index (χ1n) is 4.33. The second kappa shape index (κ2) is 6.71. The smallest absolute Gasteiger partial charge is 0.307 e. The third-order valence-electron chi connectivity index (χ3n) is 1.54. The topological polar surface area (TPSA) is 41.9 Å². The van der Waals surface area contributed by atoms with Gasteiger partial charge in [-0.1, -0.05) is 23.7 Å². The molecule has 0 aliphatic carbocycles. The molecule has 0 atom stereocenters. The lowest BCUT2D eigenvalue weighted by atomic mass is 10.5. The molecule has 1 amide bonds. The molecule has 0 N–H and O–H groups in total. The summed E-state index contributed by atoms with van der Waals surface area (Å²) < 4.78 is 0. The fourth-order valence-corrected chi connectivity index (χ4v) is 0.727. The lowest BCUT2D eigenvalue weighted by Gasteiger charge is -2.15. The van der Waals surface area contributed by atoms with Gasteiger partial charge < -0.3 is 4.90 Å². The third kappa shape index (κ3) is 4.72. The van der Waals surface area contributed by atoms with Gasteiger partial charge in [0, 0.05) is 19.5 Å². The van der Waals surface area contributed by atoms with Crippen molar-refractivity contribution < 1.29 is 9.63 Å². The van der Waals surface area contributed by atoms with Gasteiger partial charge in [0.05, 0.1) is 0 Å². The number of halogens is 1. The molecule has 0 aliphatic rings. The van der Waals surface area contributed by atoms with Gasteiger partial charge in [-0.25, -0.2) is 4.79 Å². The summed E-state index contributed by atoms with van der Waals surface area (Å²) in [5.41, 5.74) is 0. The fourth-order valence-electron chi connectivity index (χ4n) is 0.693. The average molecular weight is 207 g/mol. The van der Waals surface area contributed by atoms with Crippen LogP contribution >= 0.6 is 11.6 Å². The number of hydrogen-bond donors (Lipinski definition) is 0. The van der Waals surface area contributed by atoms with Crippen LogP contribution in [0.3, 0.4) is 0 Å². The molecule has 0 unspecified atom stereocenters. The van der Waals surface area contributed by atoms with Crippen LogP contribution in [0.25, 0.3) is 0 Å². The van der Waals surface area contributed by atoms with Gasteiger partial charge in [-0.2, -0.15) is 0 Å². The standard InChI is InChI=1S/C8H15ClN2O2/c1-4-7(9)10-13-8(12)11(5-2)6-3/h4-6H2,1-3H3/b10-7-. The van der Waals surface area contributed by atoms with E-state index < -0.39 is 6.09 Å². The molecule has 0 aromatic heterocycles. The molecule has 76 valence electrons. The van der Waals surface area contributed by atoms with E-state index in [0.717, 1.165) is 0 Å². The van der Waals surface area contributed by atoms with Gasteiger partial charge in [-0.15, -0.1) is 0 Å². The van der Waals surface area contributed by atoms with Crippen molar-refractivity contribution in [1.82, 2.24) is 4.90 Å². The summed E-state index contributed by atoms with van der Waals surface area (Å²) in [7, 11) is 0. The van der Waals surface area contributed by atoms with E-state index in [0.29, 0.717) is 24.7 Å². The summed E-state index contributed by atoms with van der Waals surface area (Å²) in [5.74, 6) is 0. The molecule has 0 spiro atoms. The maximum Gasteiger partial charge on any atom is 0.435 e. The monoisotopic (exact) mass is 206 g/mol. The Hall–Kier alpha value is -0.770. The number of rotatable bonds is 4. The largest absolute Gasteiger partial charge is 0.435 e. The summed E-state index contributed by atoms with van der Waals surface area (Å²) in [6.07, 6.45) is 0.101. The second-order valence-corrected chi connectivity index (χ2v) is 2.79. The quantitative estimate of drug-likeness (QED) is 0.403. The van der Waals surface area contributed by atoms with Crippen molar-refractivity contribution in [3.63, 3.8) is 0 Å². The Morgan fingerprint density at radius 2 is 1.92 bits per heavy atom. The molecule has 5 heteroatoms. The van der Waals surface area contributed by atoms with Crippen molar-refractivity contribution >= 4 is 22.9 Å². The predicted molar refractivity (Wildman–Crippen MR) is 53.0 cm³/mol. The van der Waals surface area contributed by atoms with Crippen LogP contribution in [0.15, 0.2) is 5.16 Å². The molecule has 0 saturated carbocycles. The van der Waals surface area contributed by atoms with Crippen molar-refractivity contribution in [3.05, 3.63) is 0 Å². The molecular formula is C8H15ClN2O2. The van der Waals surface area contributed by atoms with Gasteiger partial charge in [0.25, 0.3) is 0 Å². The molecule has 4 nitrogen and oxygen atoms in total. The normalized spacial score (nSPS) is 11.2. The summed E-state index contributed by atoms with van der Waals surface area (Å²) >= 11 is 5.55. The first-order valence-corrected chi connectivity index (χ1v) is 4.71. The van der Waals surface area contributed by atoms with Crippen molar-refractivity contribution in [2.45, 2.75) is 27.2 Å². The maximum atomic E-state index is 11.2. The van der Waals surface area contributed by atoms with E-state index in [1.165, 1.54) is 4.90 Å². The van der Waals surface area contributed by atoms with Crippen LogP contribution in [0.5, 0.6) is 0 Å². The molecule has 0 rings (SSSR count). The Kier molecular flexibility index (Phi) is 6.32. The zero-order chi connectivity index (χ0) is 10.3. The van der Waals surface area contributed by atoms with E-state index in [2.05, 4.69) is 9.99 Å². The number of carbonyl (C=O) groups is 1. The minimum Gasteiger partial charge on any atom is -0.307 e. The van der Waals surface area contributed by atoms with Gasteiger partial charge in [0.15, 0.2) is 0 Å². The fraction of sp³-hybridized carbons (Fsp3) is 0.750. The van der Waals surface area contributed by atoms with Crippen LogP contribution in [0.1, 0.15) is 27.2 Å². The van der Waals surface area contributed by atoms with Crippen molar-refractivity contribution in [2.75, 3.05) is 13.1 Å². The van der Waals surface area contributed by atoms with Gasteiger partial charge in [-0.3, -0.25) is 4.84 Å². The molecule has 0 aromatic rings. The summed E-state index contributed by atoms with van der Waals surface area (Å²) in [4.78, 5) is 17.3. The average Bonchev–Trinajstić information content (AvgIpc) is 2.16. The van der Waals surface area contributed by atoms with Gasteiger partial charge >= 0.3 is 6.09 Å². The van der Waals surface area contributed by atoms with Gasteiger partial charge in [0.2, 0.25) is 0 Å². The third-order valence-corrected chi connectivity index (χ3v) is 1.87. The highest BCUT2D eigenvalue weighted by atomic mass is 35.5. The minimum absolute atomic E-state index is 0.292. The highest BCUT2D eigenvalue weighted by Gasteiger charge is 2.10. The van der Waals surface area contributed by atoms with E-state index in [-0.39, 0.29) is 0 Å². The summed E-state index contributed by atoms with van der Waals surface area (Å²) in [6.45, 7) is 6.78. The molecular weight excluding hydrogens is 192 g/mol. The maximum absolute atomic E-state index is 11.2. The zero-order valence-electron chi connectivity index (χ0n) is 8.21. The second-order valence-electron chi connectivity index (χ2n) is 2.35. The van der Waals surface area contributed by atoms with Crippen LogP contribution in [-0.2, 0) is 4.84 Å². The first kappa shape index (κ1) is 12.2. The van der Waals surface area contributed by atoms with Gasteiger partial charge in [-0.05, 0) is 13.8 Å². The van der Waals surface area contributed by atoms with Crippen LogP contribution in [0.2, 0.25) is 0 Å². The molecule has 0 saturated heterocycles. The van der Waals surface area contributed by atoms with E-state index in [9.17, 15) is 4.79 Å². The number of nitrogens with zero attached hydrogens (tertiary/aromatic N) is 2. The summed E-state index contributed by atoms with van der Waals surface area (Å²) in [5, 5.41) is 3.74. The molecule has 0 aliphatic heterocycles. The number of oxime groups is 1. The van der Waals surface area contributed by atoms with E-state index in [1.54, 1.807) is 0 Å². The summed E-state index contributed by atoms with van der Waals surface area (Å²) in [6, 6.07) is 0. The highest BCUT2D eigenvalue weighted by Crippen LogP contribution is 1.97. The number of carbonyl (C=O) groups excluding carboxylic acids is 1. The Morgan fingerprint density at radius 3 is 2.31 bits per heavy atom. The van der Waals surface area contributed by atoms with E-state index in [4.69, 9.17) is 11.6 Å². The van der Waals surface area contributed by atoms with Crippen molar-refractivity contribution in [2.24, 2.45) is 5.16 Å². The Labute approximate surface area is 83.5 Å². The highest BCUT2D eigenvalue weighted by molar-refractivity contribution is 6.65. The number of hydrogen-bond acceptors (Lipinski definition) is 3. The predicted octanol–water partition coefficient (Wildman–Crippen LogP) is 2.43. The molecule has 13 heavy (non-hydrogen) atoms. The van der Waals surface area contributed by atoms with Crippen LogP contribution in [-0.4, -0.2) is 29.3 Å². The van der Waals surface area contributed by atoms with E-state index >= 15 is 0 Å². The van der Waals surface area contributed by atoms with Gasteiger partial charge in [0.1, 0.15) is 5.17 Å².